The number of hydrogen-bond donors (Lipinski definition) is 1. The van der Waals surface area contributed by atoms with Gasteiger partial charge >= 0.3 is 0 Å². The number of nitrogens with one attached hydrogen (secondary N) is 1. The van der Waals surface area contributed by atoms with Crippen LogP contribution in [0.3, 0.4) is 0 Å². The summed E-state index contributed by atoms with van der Waals surface area (Å²) < 4.78 is 0. The van der Waals surface area contributed by atoms with Gasteiger partial charge in [-0.05, 0) is 19.1 Å². The fraction of sp³-hybridized carbons (Fsp3) is 0.333. The van der Waals surface area contributed by atoms with E-state index in [4.69, 9.17) is 0 Å². The number of benzene rings is 1. The molecule has 16 heavy (non-hydrogen) atoms. The average Bonchev–Trinajstić information content (AvgIpc) is 2.35. The van der Waals surface area contributed by atoms with Crippen molar-refractivity contribution in [2.45, 2.75) is 6.92 Å². The van der Waals surface area contributed by atoms with Crippen LogP contribution in [-0.2, 0) is 4.79 Å². The van der Waals surface area contributed by atoms with E-state index in [9.17, 15) is 9.59 Å². The molecule has 0 fully saturated rings. The van der Waals surface area contributed by atoms with Crippen LogP contribution in [0.2, 0.25) is 0 Å². The van der Waals surface area contributed by atoms with Crippen molar-refractivity contribution in [2.75, 3.05) is 25.0 Å². The molecular formula is C12H16N2O2. The summed E-state index contributed by atoms with van der Waals surface area (Å²) in [4.78, 5) is 24.1. The number of carbonyl (C=O) groups is 2. The highest BCUT2D eigenvalue weighted by Gasteiger charge is 2.11. The molecule has 0 aliphatic heterocycles. The highest BCUT2D eigenvalue weighted by Crippen LogP contribution is 2.17. The van der Waals surface area contributed by atoms with Crippen LogP contribution in [0.15, 0.2) is 24.3 Å². The summed E-state index contributed by atoms with van der Waals surface area (Å²) in [5, 5.41) is 2.57. The fourth-order valence-electron chi connectivity index (χ4n) is 1.49. The molecular weight excluding hydrogens is 204 g/mol. The van der Waals surface area contributed by atoms with Gasteiger partial charge in [-0.2, -0.15) is 0 Å². The first-order chi connectivity index (χ1) is 7.72. The predicted molar refractivity (Wildman–Crippen MR) is 63.8 cm³/mol. The van der Waals surface area contributed by atoms with Gasteiger partial charge < -0.3 is 10.2 Å². The molecule has 1 aromatic rings. The van der Waals surface area contributed by atoms with E-state index in [1.54, 1.807) is 19.2 Å². The second kappa shape index (κ2) is 5.90. The Morgan fingerprint density at radius 2 is 2.12 bits per heavy atom. The molecule has 86 valence electrons. The summed E-state index contributed by atoms with van der Waals surface area (Å²) in [5.74, 6) is -0.0671. The lowest BCUT2D eigenvalue weighted by Gasteiger charge is -2.23. The molecule has 0 aliphatic rings. The predicted octanol–water partition coefficient (Wildman–Crippen LogP) is 1.07. The van der Waals surface area contributed by atoms with E-state index in [1.165, 1.54) is 0 Å². The minimum Gasteiger partial charge on any atom is -0.362 e. The first kappa shape index (κ1) is 12.2. The molecule has 1 rings (SSSR count). The molecule has 0 aromatic heterocycles. The molecule has 4 nitrogen and oxygen atoms in total. The highest BCUT2D eigenvalue weighted by molar-refractivity contribution is 5.87. The topological polar surface area (TPSA) is 49.4 Å². The highest BCUT2D eigenvalue weighted by atomic mass is 16.2. The molecule has 0 saturated carbocycles. The summed E-state index contributed by atoms with van der Waals surface area (Å²) >= 11 is 0. The van der Waals surface area contributed by atoms with Gasteiger partial charge in [0.05, 0.1) is 6.54 Å². The molecule has 0 radical (unpaired) electrons. The third-order valence-corrected chi connectivity index (χ3v) is 2.40. The standard InChI is InChI=1S/C12H16N2O2/c1-3-14(8-12(16)13-2)11-7-5-4-6-10(11)9-15/h4-7,9H,3,8H2,1-2H3,(H,13,16). The molecule has 1 amide bonds. The molecule has 0 bridgehead atoms. The number of para-hydroxylation sites is 1. The number of aldehydes is 1. The zero-order valence-corrected chi connectivity index (χ0v) is 9.56. The second-order valence-corrected chi connectivity index (χ2v) is 3.36. The Morgan fingerprint density at radius 1 is 1.44 bits per heavy atom. The van der Waals surface area contributed by atoms with Gasteiger partial charge in [0.25, 0.3) is 0 Å². The number of anilines is 1. The average molecular weight is 220 g/mol. The van der Waals surface area contributed by atoms with Gasteiger partial charge in [-0.1, -0.05) is 12.1 Å². The fourth-order valence-corrected chi connectivity index (χ4v) is 1.49. The minimum absolute atomic E-state index is 0.0671. The third-order valence-electron chi connectivity index (χ3n) is 2.40. The Kier molecular flexibility index (Phi) is 4.51. The summed E-state index contributed by atoms with van der Waals surface area (Å²) in [6.07, 6.45) is 0.807. The van der Waals surface area contributed by atoms with Crippen molar-refractivity contribution in [2.24, 2.45) is 0 Å². The maximum absolute atomic E-state index is 11.3. The van der Waals surface area contributed by atoms with E-state index in [1.807, 2.05) is 24.0 Å². The van der Waals surface area contributed by atoms with Crippen LogP contribution in [0, 0.1) is 0 Å². The lowest BCUT2D eigenvalue weighted by atomic mass is 10.1. The molecule has 4 heteroatoms. The molecule has 0 unspecified atom stereocenters. The number of carbonyl (C=O) groups excluding carboxylic acids is 2. The van der Waals surface area contributed by atoms with Gasteiger partial charge in [-0.15, -0.1) is 0 Å². The normalized spacial score (nSPS) is 9.62. The van der Waals surface area contributed by atoms with Crippen LogP contribution in [-0.4, -0.2) is 32.3 Å². The quantitative estimate of drug-likeness (QED) is 0.755. The summed E-state index contributed by atoms with van der Waals surface area (Å²) in [5.41, 5.74) is 1.40. The molecule has 0 saturated heterocycles. The van der Waals surface area contributed by atoms with Crippen LogP contribution in [0.1, 0.15) is 17.3 Å². The minimum atomic E-state index is -0.0671. The zero-order chi connectivity index (χ0) is 12.0. The Balaban J connectivity index is 2.94. The molecule has 0 spiro atoms. The van der Waals surface area contributed by atoms with E-state index in [0.717, 1.165) is 12.0 Å². The van der Waals surface area contributed by atoms with Crippen LogP contribution in [0.4, 0.5) is 5.69 Å². The maximum atomic E-state index is 11.3. The van der Waals surface area contributed by atoms with E-state index in [2.05, 4.69) is 5.32 Å². The third kappa shape index (κ3) is 2.82. The van der Waals surface area contributed by atoms with Crippen molar-refractivity contribution < 1.29 is 9.59 Å². The van der Waals surface area contributed by atoms with Crippen molar-refractivity contribution in [1.29, 1.82) is 0 Å². The summed E-state index contributed by atoms with van der Waals surface area (Å²) in [7, 11) is 1.60. The van der Waals surface area contributed by atoms with Crippen LogP contribution >= 0.6 is 0 Å². The van der Waals surface area contributed by atoms with Crippen molar-refractivity contribution in [3.05, 3.63) is 29.8 Å². The molecule has 1 N–H and O–H groups in total. The molecule has 1 aromatic carbocycles. The Labute approximate surface area is 95.3 Å². The maximum Gasteiger partial charge on any atom is 0.239 e. The van der Waals surface area contributed by atoms with Crippen molar-refractivity contribution in [3.8, 4) is 0 Å². The molecule has 0 aliphatic carbocycles. The van der Waals surface area contributed by atoms with E-state index in [-0.39, 0.29) is 12.5 Å². The number of rotatable bonds is 5. The first-order valence-electron chi connectivity index (χ1n) is 5.22. The van der Waals surface area contributed by atoms with Gasteiger partial charge in [-0.3, -0.25) is 9.59 Å². The molecule has 0 heterocycles. The number of hydrogen-bond acceptors (Lipinski definition) is 3. The van der Waals surface area contributed by atoms with Crippen LogP contribution in [0.25, 0.3) is 0 Å². The Bertz CT molecular complexity index is 377. The van der Waals surface area contributed by atoms with E-state index < -0.39 is 0 Å². The van der Waals surface area contributed by atoms with Crippen molar-refractivity contribution >= 4 is 17.9 Å². The summed E-state index contributed by atoms with van der Waals surface area (Å²) in [6.45, 7) is 2.89. The SMILES string of the molecule is CCN(CC(=O)NC)c1ccccc1C=O. The lowest BCUT2D eigenvalue weighted by Crippen LogP contribution is -2.35. The smallest absolute Gasteiger partial charge is 0.239 e. The van der Waals surface area contributed by atoms with Gasteiger partial charge in [0.15, 0.2) is 6.29 Å². The number of nitrogens with zero attached hydrogens (tertiary/aromatic N) is 1. The Hall–Kier alpha value is -1.84. The van der Waals surface area contributed by atoms with Crippen molar-refractivity contribution in [3.63, 3.8) is 0 Å². The van der Waals surface area contributed by atoms with Crippen LogP contribution in [0.5, 0.6) is 0 Å². The lowest BCUT2D eigenvalue weighted by molar-refractivity contribution is -0.119. The zero-order valence-electron chi connectivity index (χ0n) is 9.56. The first-order valence-corrected chi connectivity index (χ1v) is 5.22. The monoisotopic (exact) mass is 220 g/mol. The summed E-state index contributed by atoms with van der Waals surface area (Å²) in [6, 6.07) is 7.25. The van der Waals surface area contributed by atoms with Crippen molar-refractivity contribution in [1.82, 2.24) is 5.32 Å². The number of likely N-dealkylation sites (N-methyl/N-ethyl adjacent to an activating group) is 2. The van der Waals surface area contributed by atoms with Crippen LogP contribution < -0.4 is 10.2 Å². The van der Waals surface area contributed by atoms with Gasteiger partial charge in [-0.25, -0.2) is 0 Å². The van der Waals surface area contributed by atoms with Gasteiger partial charge in [0, 0.05) is 24.8 Å². The Morgan fingerprint density at radius 3 is 2.69 bits per heavy atom. The second-order valence-electron chi connectivity index (χ2n) is 3.36. The molecule has 0 atom stereocenters. The van der Waals surface area contributed by atoms with Gasteiger partial charge in [0.1, 0.15) is 0 Å². The number of amides is 1. The largest absolute Gasteiger partial charge is 0.362 e. The van der Waals surface area contributed by atoms with E-state index >= 15 is 0 Å². The van der Waals surface area contributed by atoms with Gasteiger partial charge in [0.2, 0.25) is 5.91 Å². The van der Waals surface area contributed by atoms with E-state index in [0.29, 0.717) is 12.1 Å².